The molecule has 2 rings (SSSR count). The first-order chi connectivity index (χ1) is 10.0. The average Bonchev–Trinajstić information content (AvgIpc) is 2.93. The normalized spacial score (nSPS) is 18.2. The number of amides is 1. The topological polar surface area (TPSA) is 58.6 Å². The van der Waals surface area contributed by atoms with Crippen molar-refractivity contribution in [3.05, 3.63) is 30.1 Å². The highest BCUT2D eigenvalue weighted by Gasteiger charge is 2.38. The van der Waals surface area contributed by atoms with Crippen molar-refractivity contribution in [2.75, 3.05) is 6.54 Å². The van der Waals surface area contributed by atoms with Gasteiger partial charge in [-0.25, -0.2) is 4.39 Å². The van der Waals surface area contributed by atoms with Gasteiger partial charge in [0.15, 0.2) is 11.6 Å². The van der Waals surface area contributed by atoms with Crippen molar-refractivity contribution in [2.24, 2.45) is 0 Å². The van der Waals surface area contributed by atoms with E-state index in [0.29, 0.717) is 19.3 Å². The fourth-order valence-corrected chi connectivity index (χ4v) is 2.55. The predicted octanol–water partition coefficient (Wildman–Crippen LogP) is 2.40. The van der Waals surface area contributed by atoms with Gasteiger partial charge in [-0.05, 0) is 44.2 Å². The summed E-state index contributed by atoms with van der Waals surface area (Å²) in [6.07, 6.45) is 3.05. The van der Waals surface area contributed by atoms with E-state index in [2.05, 4.69) is 5.32 Å². The quantitative estimate of drug-likeness (QED) is 0.847. The highest BCUT2D eigenvalue weighted by atomic mass is 19.1. The SMILES string of the molecule is CCC(CNC(=O)C1(O)CCCC1)Oc1ccccc1F. The molecule has 1 saturated carbocycles. The Morgan fingerprint density at radius 2 is 2.10 bits per heavy atom. The van der Waals surface area contributed by atoms with E-state index in [0.717, 1.165) is 12.8 Å². The van der Waals surface area contributed by atoms with Crippen LogP contribution >= 0.6 is 0 Å². The summed E-state index contributed by atoms with van der Waals surface area (Å²) in [6, 6.07) is 6.19. The summed E-state index contributed by atoms with van der Waals surface area (Å²) in [6.45, 7) is 2.16. The first kappa shape index (κ1) is 15.8. The molecule has 5 heteroatoms. The number of aliphatic hydroxyl groups is 1. The lowest BCUT2D eigenvalue weighted by Crippen LogP contribution is -2.47. The van der Waals surface area contributed by atoms with Gasteiger partial charge < -0.3 is 15.2 Å². The van der Waals surface area contributed by atoms with Crippen LogP contribution < -0.4 is 10.1 Å². The Hall–Kier alpha value is -1.62. The number of nitrogens with one attached hydrogen (secondary N) is 1. The summed E-state index contributed by atoms with van der Waals surface area (Å²) in [5, 5.41) is 12.9. The summed E-state index contributed by atoms with van der Waals surface area (Å²) >= 11 is 0. The van der Waals surface area contributed by atoms with E-state index in [1.165, 1.54) is 6.07 Å². The minimum atomic E-state index is -1.24. The highest BCUT2D eigenvalue weighted by molar-refractivity contribution is 5.85. The van der Waals surface area contributed by atoms with Gasteiger partial charge in [0.25, 0.3) is 5.91 Å². The van der Waals surface area contributed by atoms with Gasteiger partial charge in [-0.2, -0.15) is 0 Å². The molecule has 1 aliphatic carbocycles. The molecule has 0 aliphatic heterocycles. The molecule has 0 radical (unpaired) electrons. The number of para-hydroxylation sites is 1. The lowest BCUT2D eigenvalue weighted by atomic mass is 10.0. The van der Waals surface area contributed by atoms with Crippen LogP contribution in [0.1, 0.15) is 39.0 Å². The third kappa shape index (κ3) is 3.94. The number of benzene rings is 1. The zero-order valence-electron chi connectivity index (χ0n) is 12.3. The van der Waals surface area contributed by atoms with Crippen molar-refractivity contribution < 1.29 is 19.0 Å². The fraction of sp³-hybridized carbons (Fsp3) is 0.562. The summed E-state index contributed by atoms with van der Waals surface area (Å²) in [5.74, 6) is -0.592. The molecule has 2 N–H and O–H groups in total. The van der Waals surface area contributed by atoms with Crippen LogP contribution in [0.2, 0.25) is 0 Å². The number of carbonyl (C=O) groups is 1. The molecule has 1 aliphatic rings. The smallest absolute Gasteiger partial charge is 0.252 e. The minimum absolute atomic E-state index is 0.179. The number of carbonyl (C=O) groups excluding carboxylic acids is 1. The molecule has 0 spiro atoms. The largest absolute Gasteiger partial charge is 0.486 e. The standard InChI is InChI=1S/C16H22FNO3/c1-2-12(21-14-8-4-3-7-13(14)17)11-18-15(19)16(20)9-5-6-10-16/h3-4,7-8,12,20H,2,5-6,9-11H2,1H3,(H,18,19). The van der Waals surface area contributed by atoms with Crippen molar-refractivity contribution in [3.63, 3.8) is 0 Å². The van der Waals surface area contributed by atoms with E-state index in [1.807, 2.05) is 6.92 Å². The van der Waals surface area contributed by atoms with Gasteiger partial charge >= 0.3 is 0 Å². The highest BCUT2D eigenvalue weighted by Crippen LogP contribution is 2.29. The molecule has 0 bridgehead atoms. The lowest BCUT2D eigenvalue weighted by molar-refractivity contribution is -0.139. The van der Waals surface area contributed by atoms with Crippen LogP contribution in [0.25, 0.3) is 0 Å². The van der Waals surface area contributed by atoms with E-state index in [1.54, 1.807) is 18.2 Å². The molecule has 1 fully saturated rings. The lowest BCUT2D eigenvalue weighted by Gasteiger charge is -2.24. The Kier molecular flexibility index (Phi) is 5.17. The predicted molar refractivity (Wildman–Crippen MR) is 77.5 cm³/mol. The average molecular weight is 295 g/mol. The van der Waals surface area contributed by atoms with Crippen molar-refractivity contribution in [1.82, 2.24) is 5.32 Å². The van der Waals surface area contributed by atoms with E-state index in [-0.39, 0.29) is 24.3 Å². The number of halogens is 1. The molecule has 0 heterocycles. The van der Waals surface area contributed by atoms with E-state index >= 15 is 0 Å². The second-order valence-electron chi connectivity index (χ2n) is 5.53. The first-order valence-electron chi connectivity index (χ1n) is 7.47. The monoisotopic (exact) mass is 295 g/mol. The maximum atomic E-state index is 13.5. The van der Waals surface area contributed by atoms with Crippen molar-refractivity contribution in [1.29, 1.82) is 0 Å². The van der Waals surface area contributed by atoms with Gasteiger partial charge in [0.05, 0.1) is 6.54 Å². The first-order valence-corrected chi connectivity index (χ1v) is 7.47. The fourth-order valence-electron chi connectivity index (χ4n) is 2.55. The Morgan fingerprint density at radius 1 is 1.43 bits per heavy atom. The molecule has 1 amide bonds. The number of ether oxygens (including phenoxy) is 1. The zero-order valence-corrected chi connectivity index (χ0v) is 12.3. The van der Waals surface area contributed by atoms with Crippen molar-refractivity contribution in [2.45, 2.75) is 50.7 Å². The Labute approximate surface area is 124 Å². The number of hydrogen-bond donors (Lipinski definition) is 2. The Balaban J connectivity index is 1.88. The van der Waals surface area contributed by atoms with Crippen LogP contribution in [-0.2, 0) is 4.79 Å². The van der Waals surface area contributed by atoms with E-state index in [9.17, 15) is 14.3 Å². The molecule has 21 heavy (non-hydrogen) atoms. The molecular weight excluding hydrogens is 273 g/mol. The second kappa shape index (κ2) is 6.89. The third-order valence-electron chi connectivity index (χ3n) is 3.93. The Bertz CT molecular complexity index is 486. The summed E-state index contributed by atoms with van der Waals surface area (Å²) < 4.78 is 19.1. The molecule has 4 nitrogen and oxygen atoms in total. The third-order valence-corrected chi connectivity index (χ3v) is 3.93. The molecule has 1 atom stereocenters. The van der Waals surface area contributed by atoms with Crippen molar-refractivity contribution >= 4 is 5.91 Å². The summed E-state index contributed by atoms with van der Waals surface area (Å²) in [5.41, 5.74) is -1.24. The van der Waals surface area contributed by atoms with Gasteiger partial charge in [0.2, 0.25) is 0 Å². The van der Waals surface area contributed by atoms with Gasteiger partial charge in [0, 0.05) is 0 Å². The molecule has 0 saturated heterocycles. The Morgan fingerprint density at radius 3 is 2.71 bits per heavy atom. The van der Waals surface area contributed by atoms with Crippen LogP contribution in [0.5, 0.6) is 5.75 Å². The minimum Gasteiger partial charge on any atom is -0.486 e. The van der Waals surface area contributed by atoms with Crippen LogP contribution in [0.4, 0.5) is 4.39 Å². The van der Waals surface area contributed by atoms with Crippen LogP contribution in [0, 0.1) is 5.82 Å². The number of rotatable bonds is 6. The molecule has 0 aromatic heterocycles. The van der Waals surface area contributed by atoms with E-state index in [4.69, 9.17) is 4.74 Å². The van der Waals surface area contributed by atoms with Gasteiger partial charge in [-0.3, -0.25) is 4.79 Å². The number of hydrogen-bond acceptors (Lipinski definition) is 3. The van der Waals surface area contributed by atoms with Gasteiger partial charge in [-0.15, -0.1) is 0 Å². The second-order valence-corrected chi connectivity index (χ2v) is 5.53. The maximum Gasteiger partial charge on any atom is 0.252 e. The summed E-state index contributed by atoms with van der Waals surface area (Å²) in [7, 11) is 0. The molecule has 1 aromatic carbocycles. The van der Waals surface area contributed by atoms with Gasteiger partial charge in [-0.1, -0.05) is 19.1 Å². The van der Waals surface area contributed by atoms with Crippen molar-refractivity contribution in [3.8, 4) is 5.75 Å². The van der Waals surface area contributed by atoms with Crippen LogP contribution in [-0.4, -0.2) is 29.3 Å². The summed E-state index contributed by atoms with van der Waals surface area (Å²) in [4.78, 5) is 12.0. The zero-order chi connectivity index (χ0) is 15.3. The molecular formula is C16H22FNO3. The van der Waals surface area contributed by atoms with Crippen LogP contribution in [0.15, 0.2) is 24.3 Å². The van der Waals surface area contributed by atoms with Gasteiger partial charge in [0.1, 0.15) is 11.7 Å². The molecule has 116 valence electrons. The van der Waals surface area contributed by atoms with E-state index < -0.39 is 11.4 Å². The maximum absolute atomic E-state index is 13.5. The van der Waals surface area contributed by atoms with Crippen LogP contribution in [0.3, 0.4) is 0 Å². The molecule has 1 unspecified atom stereocenters. The molecule has 1 aromatic rings.